The number of aromatic nitrogens is 1. The summed E-state index contributed by atoms with van der Waals surface area (Å²) >= 11 is 0. The molecular formula is C22H19FN2O3. The van der Waals surface area contributed by atoms with Crippen LogP contribution < -0.4 is 9.47 Å². The number of halogens is 1. The van der Waals surface area contributed by atoms with E-state index in [9.17, 15) is 9.18 Å². The van der Waals surface area contributed by atoms with Crippen LogP contribution in [0, 0.1) is 5.82 Å². The second kappa shape index (κ2) is 7.68. The van der Waals surface area contributed by atoms with E-state index in [-0.39, 0.29) is 18.3 Å². The minimum atomic E-state index is -0.450. The van der Waals surface area contributed by atoms with Gasteiger partial charge in [-0.05, 0) is 35.9 Å². The molecule has 3 aromatic rings. The number of hydrogen-bond acceptors (Lipinski definition) is 4. The predicted octanol–water partition coefficient (Wildman–Crippen LogP) is 3.82. The molecule has 2 heterocycles. The summed E-state index contributed by atoms with van der Waals surface area (Å²) in [6.07, 6.45) is 0. The lowest BCUT2D eigenvalue weighted by Crippen LogP contribution is -2.32. The molecule has 0 saturated heterocycles. The van der Waals surface area contributed by atoms with Gasteiger partial charge < -0.3 is 14.4 Å². The molecule has 1 aliphatic rings. The number of pyridine rings is 1. The SMILES string of the molecule is COc1ccc(-c2ccc3c(n2)CN(Cc2ccccc2)C(=O)CO3)cc1F. The summed E-state index contributed by atoms with van der Waals surface area (Å²) in [5, 5.41) is 0. The number of hydrogen-bond donors (Lipinski definition) is 0. The minimum Gasteiger partial charge on any atom is -0.494 e. The standard InChI is InChI=1S/C22H19FN2O3/c1-27-20-9-7-16(11-17(20)23)18-8-10-21-19(24-18)13-25(22(26)14-28-21)12-15-5-3-2-4-6-15/h2-11H,12-14H2,1H3. The smallest absolute Gasteiger partial charge is 0.261 e. The van der Waals surface area contributed by atoms with Gasteiger partial charge in [0.1, 0.15) is 11.4 Å². The molecule has 1 aromatic heterocycles. The van der Waals surface area contributed by atoms with Crippen molar-refractivity contribution in [2.24, 2.45) is 0 Å². The number of benzene rings is 2. The summed E-state index contributed by atoms with van der Waals surface area (Å²) in [6.45, 7) is 0.777. The molecule has 0 aliphatic carbocycles. The lowest BCUT2D eigenvalue weighted by atomic mass is 10.1. The van der Waals surface area contributed by atoms with E-state index in [1.807, 2.05) is 30.3 Å². The summed E-state index contributed by atoms with van der Waals surface area (Å²) in [6, 6.07) is 18.0. The highest BCUT2D eigenvalue weighted by Crippen LogP contribution is 2.29. The van der Waals surface area contributed by atoms with Gasteiger partial charge in [-0.3, -0.25) is 4.79 Å². The van der Waals surface area contributed by atoms with Crippen molar-refractivity contribution >= 4 is 5.91 Å². The largest absolute Gasteiger partial charge is 0.494 e. The van der Waals surface area contributed by atoms with Gasteiger partial charge in [0.2, 0.25) is 0 Å². The van der Waals surface area contributed by atoms with Gasteiger partial charge in [-0.2, -0.15) is 0 Å². The van der Waals surface area contributed by atoms with Gasteiger partial charge in [0.15, 0.2) is 18.2 Å². The van der Waals surface area contributed by atoms with Gasteiger partial charge >= 0.3 is 0 Å². The van der Waals surface area contributed by atoms with Crippen LogP contribution in [0.4, 0.5) is 4.39 Å². The summed E-state index contributed by atoms with van der Waals surface area (Å²) < 4.78 is 24.7. The van der Waals surface area contributed by atoms with E-state index < -0.39 is 5.82 Å². The van der Waals surface area contributed by atoms with Crippen molar-refractivity contribution in [3.05, 3.63) is 77.7 Å². The van der Waals surface area contributed by atoms with Crippen molar-refractivity contribution in [2.75, 3.05) is 13.7 Å². The van der Waals surface area contributed by atoms with Gasteiger partial charge in [-0.1, -0.05) is 30.3 Å². The van der Waals surface area contributed by atoms with Gasteiger partial charge in [-0.25, -0.2) is 9.37 Å². The number of carbonyl (C=O) groups is 1. The first-order valence-corrected chi connectivity index (χ1v) is 8.92. The molecule has 0 radical (unpaired) electrons. The molecule has 2 aromatic carbocycles. The van der Waals surface area contributed by atoms with Crippen LogP contribution in [0.2, 0.25) is 0 Å². The lowest BCUT2D eigenvalue weighted by molar-refractivity contribution is -0.133. The van der Waals surface area contributed by atoms with Crippen LogP contribution in [0.5, 0.6) is 11.5 Å². The van der Waals surface area contributed by atoms with Crippen LogP contribution in [0.1, 0.15) is 11.3 Å². The fourth-order valence-corrected chi connectivity index (χ4v) is 3.17. The highest BCUT2D eigenvalue weighted by Gasteiger charge is 2.23. The first-order valence-electron chi connectivity index (χ1n) is 8.92. The van der Waals surface area contributed by atoms with E-state index in [0.717, 1.165) is 5.56 Å². The van der Waals surface area contributed by atoms with E-state index in [4.69, 9.17) is 9.47 Å². The van der Waals surface area contributed by atoms with E-state index in [1.54, 1.807) is 29.2 Å². The second-order valence-corrected chi connectivity index (χ2v) is 6.51. The second-order valence-electron chi connectivity index (χ2n) is 6.51. The third-order valence-electron chi connectivity index (χ3n) is 4.64. The first-order chi connectivity index (χ1) is 13.6. The van der Waals surface area contributed by atoms with Crippen molar-refractivity contribution < 1.29 is 18.7 Å². The van der Waals surface area contributed by atoms with E-state index in [1.165, 1.54) is 13.2 Å². The number of ether oxygens (including phenoxy) is 2. The molecule has 0 spiro atoms. The molecule has 28 heavy (non-hydrogen) atoms. The van der Waals surface area contributed by atoms with Crippen LogP contribution >= 0.6 is 0 Å². The first kappa shape index (κ1) is 18.0. The Kier molecular flexibility index (Phi) is 4.93. The Balaban J connectivity index is 1.63. The molecule has 0 unspecified atom stereocenters. The van der Waals surface area contributed by atoms with Crippen molar-refractivity contribution in [1.29, 1.82) is 0 Å². The Morgan fingerprint density at radius 3 is 2.71 bits per heavy atom. The van der Waals surface area contributed by atoms with Gasteiger partial charge in [-0.15, -0.1) is 0 Å². The lowest BCUT2D eigenvalue weighted by Gasteiger charge is -2.19. The van der Waals surface area contributed by atoms with Crippen LogP contribution in [0.15, 0.2) is 60.7 Å². The number of rotatable bonds is 4. The van der Waals surface area contributed by atoms with Crippen LogP contribution in [-0.2, 0) is 17.9 Å². The predicted molar refractivity (Wildman–Crippen MR) is 102 cm³/mol. The number of fused-ring (bicyclic) bond motifs is 1. The Morgan fingerprint density at radius 2 is 1.96 bits per heavy atom. The van der Waals surface area contributed by atoms with Crippen molar-refractivity contribution in [2.45, 2.75) is 13.1 Å². The monoisotopic (exact) mass is 378 g/mol. The van der Waals surface area contributed by atoms with Crippen molar-refractivity contribution in [3.63, 3.8) is 0 Å². The maximum absolute atomic E-state index is 14.1. The van der Waals surface area contributed by atoms with Crippen molar-refractivity contribution in [1.82, 2.24) is 9.88 Å². The van der Waals surface area contributed by atoms with Crippen molar-refractivity contribution in [3.8, 4) is 22.8 Å². The fourth-order valence-electron chi connectivity index (χ4n) is 3.17. The average molecular weight is 378 g/mol. The minimum absolute atomic E-state index is 0.0297. The molecule has 4 rings (SSSR count). The molecule has 1 aliphatic heterocycles. The third-order valence-corrected chi connectivity index (χ3v) is 4.64. The number of methoxy groups -OCH3 is 1. The quantitative estimate of drug-likeness (QED) is 0.693. The number of nitrogens with zero attached hydrogens (tertiary/aromatic N) is 2. The molecule has 0 saturated carbocycles. The normalized spacial score (nSPS) is 13.5. The summed E-state index contributed by atoms with van der Waals surface area (Å²) in [5.41, 5.74) is 2.92. The molecule has 1 amide bonds. The molecular weight excluding hydrogens is 359 g/mol. The molecule has 0 bridgehead atoms. The topological polar surface area (TPSA) is 51.7 Å². The molecule has 0 fully saturated rings. The van der Waals surface area contributed by atoms with Gasteiger partial charge in [0, 0.05) is 12.1 Å². The molecule has 142 valence electrons. The Hall–Kier alpha value is -3.41. The summed E-state index contributed by atoms with van der Waals surface area (Å²) in [4.78, 5) is 18.8. The zero-order valence-electron chi connectivity index (χ0n) is 15.4. The summed E-state index contributed by atoms with van der Waals surface area (Å²) in [5.74, 6) is 0.205. The van der Waals surface area contributed by atoms with E-state index >= 15 is 0 Å². The van der Waals surface area contributed by atoms with Crippen LogP contribution in [0.3, 0.4) is 0 Å². The van der Waals surface area contributed by atoms with Crippen LogP contribution in [-0.4, -0.2) is 29.5 Å². The third kappa shape index (κ3) is 3.67. The molecule has 6 heteroatoms. The molecule has 0 N–H and O–H groups in total. The molecule has 0 atom stereocenters. The maximum Gasteiger partial charge on any atom is 0.261 e. The highest BCUT2D eigenvalue weighted by atomic mass is 19.1. The fraction of sp³-hybridized carbons (Fsp3) is 0.182. The maximum atomic E-state index is 14.1. The Bertz CT molecular complexity index is 1010. The Labute approximate surface area is 162 Å². The zero-order valence-corrected chi connectivity index (χ0v) is 15.4. The van der Waals surface area contributed by atoms with Gasteiger partial charge in [0.25, 0.3) is 5.91 Å². The van der Waals surface area contributed by atoms with E-state index in [0.29, 0.717) is 35.8 Å². The summed E-state index contributed by atoms with van der Waals surface area (Å²) in [7, 11) is 1.43. The molecule has 5 nitrogen and oxygen atoms in total. The van der Waals surface area contributed by atoms with Crippen LogP contribution in [0.25, 0.3) is 11.3 Å². The highest BCUT2D eigenvalue weighted by molar-refractivity contribution is 5.78. The van der Waals surface area contributed by atoms with E-state index in [2.05, 4.69) is 4.98 Å². The number of amides is 1. The Morgan fingerprint density at radius 1 is 1.14 bits per heavy atom. The average Bonchev–Trinajstić information content (AvgIpc) is 2.87. The zero-order chi connectivity index (χ0) is 19.5. The van der Waals surface area contributed by atoms with Gasteiger partial charge in [0.05, 0.1) is 19.3 Å². The number of carbonyl (C=O) groups excluding carboxylic acids is 1.